The topological polar surface area (TPSA) is 75.5 Å². The van der Waals surface area contributed by atoms with Crippen LogP contribution in [0.5, 0.6) is 0 Å². The van der Waals surface area contributed by atoms with E-state index in [0.717, 1.165) is 31.6 Å². The van der Waals surface area contributed by atoms with Gasteiger partial charge in [-0.25, -0.2) is 0 Å². The number of halogens is 1. The van der Waals surface area contributed by atoms with Crippen molar-refractivity contribution < 1.29 is 14.1 Å². The third-order valence-electron chi connectivity index (χ3n) is 4.51. The molecule has 25 heavy (non-hydrogen) atoms. The Hall–Kier alpha value is -2.02. The van der Waals surface area contributed by atoms with Gasteiger partial charge in [-0.1, -0.05) is 18.9 Å². The maximum Gasteiger partial charge on any atom is 0.282 e. The second-order valence-corrected chi connectivity index (χ2v) is 6.41. The van der Waals surface area contributed by atoms with E-state index in [9.17, 15) is 19.3 Å². The Labute approximate surface area is 147 Å². The Morgan fingerprint density at radius 3 is 2.60 bits per heavy atom. The summed E-state index contributed by atoms with van der Waals surface area (Å²) in [5.74, 6) is -0.517. The zero-order valence-corrected chi connectivity index (χ0v) is 14.5. The summed E-state index contributed by atoms with van der Waals surface area (Å²) in [5, 5.41) is 13.7. The number of nitro benzene ring substituents is 1. The maximum absolute atomic E-state index is 12.2. The number of alkyl halides is 1. The van der Waals surface area contributed by atoms with Crippen LogP contribution in [-0.4, -0.2) is 48.6 Å². The minimum absolute atomic E-state index is 0.0530. The highest BCUT2D eigenvalue weighted by Gasteiger charge is 2.20. The summed E-state index contributed by atoms with van der Waals surface area (Å²) in [6.07, 6.45) is 5.93. The Balaban J connectivity index is 2.04. The Bertz CT molecular complexity index is 587. The van der Waals surface area contributed by atoms with E-state index in [4.69, 9.17) is 0 Å². The van der Waals surface area contributed by atoms with Crippen LogP contribution < -0.4 is 5.32 Å². The van der Waals surface area contributed by atoms with Crippen molar-refractivity contribution in [2.75, 3.05) is 32.9 Å². The molecule has 0 spiro atoms. The van der Waals surface area contributed by atoms with Crippen LogP contribution in [0.2, 0.25) is 0 Å². The van der Waals surface area contributed by atoms with Crippen molar-refractivity contribution in [3.8, 4) is 0 Å². The monoisotopic (exact) mass is 351 g/mol. The molecule has 7 heteroatoms. The van der Waals surface area contributed by atoms with Gasteiger partial charge in [-0.3, -0.25) is 19.3 Å². The van der Waals surface area contributed by atoms with Gasteiger partial charge in [0.05, 0.1) is 11.6 Å². The SMILES string of the molecule is O=C(NCCCF)c1cc(CCN2CCCCCC2)ccc1[N+](=O)[O-]. The van der Waals surface area contributed by atoms with Crippen molar-refractivity contribution in [2.24, 2.45) is 0 Å². The number of nitro groups is 1. The Morgan fingerprint density at radius 1 is 1.24 bits per heavy atom. The number of nitrogens with zero attached hydrogens (tertiary/aromatic N) is 2. The molecule has 0 aromatic heterocycles. The van der Waals surface area contributed by atoms with Gasteiger partial charge in [0.1, 0.15) is 5.56 Å². The molecule has 1 saturated heterocycles. The number of likely N-dealkylation sites (tertiary alicyclic amines) is 1. The molecule has 0 bridgehead atoms. The second kappa shape index (κ2) is 10.1. The molecule has 0 saturated carbocycles. The van der Waals surface area contributed by atoms with Gasteiger partial charge in [-0.05, 0) is 50.4 Å². The van der Waals surface area contributed by atoms with E-state index < -0.39 is 17.5 Å². The molecule has 138 valence electrons. The molecule has 6 nitrogen and oxygen atoms in total. The molecule has 0 atom stereocenters. The zero-order valence-electron chi connectivity index (χ0n) is 14.5. The molecule has 1 aromatic carbocycles. The summed E-state index contributed by atoms with van der Waals surface area (Å²) in [6, 6.07) is 4.71. The molecule has 2 rings (SSSR count). The van der Waals surface area contributed by atoms with E-state index in [1.807, 2.05) is 0 Å². The van der Waals surface area contributed by atoms with Crippen LogP contribution in [0.25, 0.3) is 0 Å². The normalized spacial score (nSPS) is 15.6. The number of nitrogens with one attached hydrogen (secondary N) is 1. The van der Waals surface area contributed by atoms with Crippen molar-refractivity contribution in [1.29, 1.82) is 0 Å². The zero-order chi connectivity index (χ0) is 18.1. The third-order valence-corrected chi connectivity index (χ3v) is 4.51. The number of amides is 1. The van der Waals surface area contributed by atoms with Gasteiger partial charge in [-0.2, -0.15) is 0 Å². The van der Waals surface area contributed by atoms with Crippen molar-refractivity contribution in [1.82, 2.24) is 10.2 Å². The van der Waals surface area contributed by atoms with E-state index in [0.29, 0.717) is 0 Å². The van der Waals surface area contributed by atoms with E-state index in [2.05, 4.69) is 10.2 Å². The van der Waals surface area contributed by atoms with Crippen LogP contribution in [0.1, 0.15) is 48.0 Å². The largest absolute Gasteiger partial charge is 0.352 e. The molecule has 1 aliphatic heterocycles. The Morgan fingerprint density at radius 2 is 1.96 bits per heavy atom. The molecule has 1 fully saturated rings. The summed E-state index contributed by atoms with van der Waals surface area (Å²) in [7, 11) is 0. The molecule has 1 aromatic rings. The second-order valence-electron chi connectivity index (χ2n) is 6.41. The molecule has 1 heterocycles. The lowest BCUT2D eigenvalue weighted by atomic mass is 10.0. The van der Waals surface area contributed by atoms with Crippen LogP contribution in [0.3, 0.4) is 0 Å². The molecule has 1 amide bonds. The van der Waals surface area contributed by atoms with Gasteiger partial charge >= 0.3 is 0 Å². The van der Waals surface area contributed by atoms with E-state index in [1.165, 1.54) is 31.7 Å². The first-order valence-electron chi connectivity index (χ1n) is 8.95. The highest BCUT2D eigenvalue weighted by molar-refractivity contribution is 5.98. The first-order chi connectivity index (χ1) is 12.1. The van der Waals surface area contributed by atoms with Crippen molar-refractivity contribution in [3.63, 3.8) is 0 Å². The Kier molecular flexibility index (Phi) is 7.78. The molecule has 1 aliphatic rings. The van der Waals surface area contributed by atoms with E-state index >= 15 is 0 Å². The number of carbonyl (C=O) groups is 1. The number of hydrogen-bond acceptors (Lipinski definition) is 4. The standard InChI is InChI=1S/C18H26FN3O3/c19-9-5-10-20-18(23)16-14-15(6-7-17(16)22(24)25)8-13-21-11-3-1-2-4-12-21/h6-7,14H,1-5,8-13H2,(H,20,23). The minimum atomic E-state index is -0.553. The van der Waals surface area contributed by atoms with Gasteiger partial charge in [0, 0.05) is 19.2 Å². The van der Waals surface area contributed by atoms with Crippen LogP contribution in [0, 0.1) is 10.1 Å². The van der Waals surface area contributed by atoms with Gasteiger partial charge < -0.3 is 10.2 Å². The third kappa shape index (κ3) is 6.08. The van der Waals surface area contributed by atoms with Crippen LogP contribution in [0.15, 0.2) is 18.2 Å². The molecule has 0 radical (unpaired) electrons. The van der Waals surface area contributed by atoms with Gasteiger partial charge in [-0.15, -0.1) is 0 Å². The maximum atomic E-state index is 12.2. The highest BCUT2D eigenvalue weighted by atomic mass is 19.1. The lowest BCUT2D eigenvalue weighted by Gasteiger charge is -2.19. The van der Waals surface area contributed by atoms with Crippen molar-refractivity contribution in [3.05, 3.63) is 39.4 Å². The predicted octanol–water partition coefficient (Wildman–Crippen LogP) is 3.10. The highest BCUT2D eigenvalue weighted by Crippen LogP contribution is 2.21. The van der Waals surface area contributed by atoms with Gasteiger partial charge in [0.25, 0.3) is 11.6 Å². The van der Waals surface area contributed by atoms with E-state index in [-0.39, 0.29) is 24.2 Å². The number of carbonyl (C=O) groups excluding carboxylic acids is 1. The van der Waals surface area contributed by atoms with Crippen LogP contribution in [0.4, 0.5) is 10.1 Å². The van der Waals surface area contributed by atoms with Gasteiger partial charge in [0.2, 0.25) is 0 Å². The first kappa shape index (κ1) is 19.3. The van der Waals surface area contributed by atoms with Gasteiger partial charge in [0.15, 0.2) is 0 Å². The predicted molar refractivity (Wildman–Crippen MR) is 94.6 cm³/mol. The summed E-state index contributed by atoms with van der Waals surface area (Å²) >= 11 is 0. The lowest BCUT2D eigenvalue weighted by Crippen LogP contribution is -2.27. The minimum Gasteiger partial charge on any atom is -0.352 e. The fourth-order valence-corrected chi connectivity index (χ4v) is 3.09. The summed E-state index contributed by atoms with van der Waals surface area (Å²) in [5.41, 5.74) is 0.749. The van der Waals surface area contributed by atoms with Crippen molar-refractivity contribution >= 4 is 11.6 Å². The van der Waals surface area contributed by atoms with E-state index in [1.54, 1.807) is 12.1 Å². The molecule has 1 N–H and O–H groups in total. The summed E-state index contributed by atoms with van der Waals surface area (Å²) in [6.45, 7) is 2.70. The number of rotatable bonds is 8. The smallest absolute Gasteiger partial charge is 0.282 e. The molecular weight excluding hydrogens is 325 g/mol. The number of benzene rings is 1. The average molecular weight is 351 g/mol. The van der Waals surface area contributed by atoms with Crippen LogP contribution in [-0.2, 0) is 6.42 Å². The average Bonchev–Trinajstić information content (AvgIpc) is 2.88. The van der Waals surface area contributed by atoms with Crippen LogP contribution >= 0.6 is 0 Å². The quantitative estimate of drug-likeness (QED) is 0.444. The summed E-state index contributed by atoms with van der Waals surface area (Å²) in [4.78, 5) is 25.2. The fourth-order valence-electron chi connectivity index (χ4n) is 3.09. The van der Waals surface area contributed by atoms with Crippen molar-refractivity contribution in [2.45, 2.75) is 38.5 Å². The summed E-state index contributed by atoms with van der Waals surface area (Å²) < 4.78 is 12.2. The molecule has 0 unspecified atom stereocenters. The first-order valence-corrected chi connectivity index (χ1v) is 8.95. The lowest BCUT2D eigenvalue weighted by molar-refractivity contribution is -0.385. The number of hydrogen-bond donors (Lipinski definition) is 1. The fraction of sp³-hybridized carbons (Fsp3) is 0.611. The molecular formula is C18H26FN3O3. The molecule has 0 aliphatic carbocycles.